The molecule has 1 nitrogen and oxygen atoms in total. The Morgan fingerprint density at radius 2 is 1.81 bits per heavy atom. The third-order valence-corrected chi connectivity index (χ3v) is 6.48. The molecule has 1 heteroatoms. The van der Waals surface area contributed by atoms with E-state index in [4.69, 9.17) is 0 Å². The Morgan fingerprint density at radius 3 is 2.44 bits per heavy atom. The van der Waals surface area contributed by atoms with E-state index in [9.17, 15) is 4.79 Å². The zero-order valence-electron chi connectivity index (χ0n) is 11.0. The van der Waals surface area contributed by atoms with Crippen LogP contribution in [0, 0.1) is 34.5 Å². The van der Waals surface area contributed by atoms with Crippen molar-refractivity contribution in [3.8, 4) is 0 Å². The average molecular weight is 220 g/mol. The van der Waals surface area contributed by atoms with Crippen LogP contribution in [-0.4, -0.2) is 5.78 Å². The van der Waals surface area contributed by atoms with E-state index in [0.717, 1.165) is 18.3 Å². The van der Waals surface area contributed by atoms with Crippen LogP contribution in [0.2, 0.25) is 0 Å². The number of hydrogen-bond acceptors (Lipinski definition) is 1. The molecule has 0 aromatic rings. The van der Waals surface area contributed by atoms with Crippen LogP contribution < -0.4 is 0 Å². The number of ketones is 1. The number of rotatable bonds is 0. The van der Waals surface area contributed by atoms with Gasteiger partial charge in [0.2, 0.25) is 0 Å². The monoisotopic (exact) mass is 220 g/mol. The molecule has 1 unspecified atom stereocenters. The molecule has 90 valence electrons. The lowest BCUT2D eigenvalue weighted by atomic mass is 9.60. The minimum absolute atomic E-state index is 0.331. The predicted molar refractivity (Wildman–Crippen MR) is 65.0 cm³/mol. The molecular weight excluding hydrogens is 196 g/mol. The van der Waals surface area contributed by atoms with Crippen molar-refractivity contribution < 1.29 is 4.79 Å². The minimum atomic E-state index is 0.331. The molecule has 3 saturated carbocycles. The van der Waals surface area contributed by atoms with Gasteiger partial charge in [0.05, 0.1) is 0 Å². The summed E-state index contributed by atoms with van der Waals surface area (Å²) in [6.45, 7) is 9.49. The fourth-order valence-corrected chi connectivity index (χ4v) is 5.73. The van der Waals surface area contributed by atoms with Gasteiger partial charge in [-0.25, -0.2) is 0 Å². The Balaban J connectivity index is 2.11. The van der Waals surface area contributed by atoms with Gasteiger partial charge in [0, 0.05) is 12.3 Å². The van der Waals surface area contributed by atoms with E-state index in [0.29, 0.717) is 28.4 Å². The van der Waals surface area contributed by atoms with Gasteiger partial charge in [-0.05, 0) is 47.8 Å². The first-order valence-corrected chi connectivity index (χ1v) is 6.92. The lowest BCUT2D eigenvalue weighted by molar-refractivity contribution is -0.122. The van der Waals surface area contributed by atoms with Gasteiger partial charge in [-0.3, -0.25) is 4.79 Å². The zero-order valence-corrected chi connectivity index (χ0v) is 11.0. The molecule has 5 atom stereocenters. The van der Waals surface area contributed by atoms with Crippen LogP contribution in [0.25, 0.3) is 0 Å². The number of carbonyl (C=O) groups excluding carboxylic acids is 1. The van der Waals surface area contributed by atoms with E-state index in [-0.39, 0.29) is 0 Å². The number of hydrogen-bond donors (Lipinski definition) is 0. The van der Waals surface area contributed by atoms with Crippen molar-refractivity contribution in [2.24, 2.45) is 34.5 Å². The Labute approximate surface area is 99.0 Å². The Morgan fingerprint density at radius 1 is 1.12 bits per heavy atom. The summed E-state index contributed by atoms with van der Waals surface area (Å²) in [6.07, 6.45) is 4.89. The second kappa shape index (κ2) is 2.91. The Kier molecular flexibility index (Phi) is 1.97. The fraction of sp³-hybridized carbons (Fsp3) is 0.933. The molecule has 0 N–H and O–H groups in total. The smallest absolute Gasteiger partial charge is 0.136 e. The van der Waals surface area contributed by atoms with E-state index in [1.807, 2.05) is 0 Å². The molecule has 0 spiro atoms. The van der Waals surface area contributed by atoms with Crippen LogP contribution in [0.1, 0.15) is 53.4 Å². The van der Waals surface area contributed by atoms with Gasteiger partial charge in [-0.1, -0.05) is 27.7 Å². The first-order valence-electron chi connectivity index (χ1n) is 6.92. The van der Waals surface area contributed by atoms with E-state index in [1.54, 1.807) is 0 Å². The number of carbonyl (C=O) groups is 1. The maximum Gasteiger partial charge on any atom is 0.136 e. The minimum Gasteiger partial charge on any atom is -0.299 e. The van der Waals surface area contributed by atoms with Gasteiger partial charge in [0.1, 0.15) is 5.78 Å². The maximum atomic E-state index is 12.1. The lowest BCUT2D eigenvalue weighted by Gasteiger charge is -2.43. The Bertz CT molecular complexity index is 343. The highest BCUT2D eigenvalue weighted by molar-refractivity contribution is 5.85. The van der Waals surface area contributed by atoms with Crippen LogP contribution in [0.15, 0.2) is 0 Å². The van der Waals surface area contributed by atoms with Crippen molar-refractivity contribution in [3.05, 3.63) is 0 Å². The molecule has 0 amide bonds. The molecule has 3 aliphatic rings. The summed E-state index contributed by atoms with van der Waals surface area (Å²) in [5, 5.41) is 0. The third-order valence-electron chi connectivity index (χ3n) is 6.48. The molecule has 2 bridgehead atoms. The largest absolute Gasteiger partial charge is 0.299 e. The first-order chi connectivity index (χ1) is 7.39. The van der Waals surface area contributed by atoms with Crippen molar-refractivity contribution >= 4 is 5.78 Å². The standard InChI is InChI=1S/C15H24O/c1-9-5-6-11-12-7-13(16)10(2)15(9,12)8-14(11,3)4/h9-12H,5-8H2,1-4H3/t9-,10-,11?,12-,15-/m1/s1. The molecule has 3 rings (SSSR count). The Hall–Kier alpha value is -0.330. The molecule has 0 radical (unpaired) electrons. The van der Waals surface area contributed by atoms with Crippen LogP contribution in [0.3, 0.4) is 0 Å². The summed E-state index contributed by atoms with van der Waals surface area (Å²) in [5.41, 5.74) is 0.855. The van der Waals surface area contributed by atoms with Crippen LogP contribution >= 0.6 is 0 Å². The molecule has 0 saturated heterocycles. The lowest BCUT2D eigenvalue weighted by Crippen LogP contribution is -2.39. The molecular formula is C15H24O. The van der Waals surface area contributed by atoms with Gasteiger partial charge in [-0.2, -0.15) is 0 Å². The van der Waals surface area contributed by atoms with Gasteiger partial charge < -0.3 is 0 Å². The number of Topliss-reactive ketones (excluding diaryl/α,β-unsaturated/α-hetero) is 1. The summed E-state index contributed by atoms with van der Waals surface area (Å²) in [6, 6.07) is 0. The molecule has 0 heterocycles. The summed E-state index contributed by atoms with van der Waals surface area (Å²) in [5.74, 6) is 3.18. The van der Waals surface area contributed by atoms with E-state index in [1.165, 1.54) is 19.3 Å². The summed E-state index contributed by atoms with van der Waals surface area (Å²) in [7, 11) is 0. The summed E-state index contributed by atoms with van der Waals surface area (Å²) in [4.78, 5) is 12.1. The highest BCUT2D eigenvalue weighted by Crippen LogP contribution is 2.71. The quantitative estimate of drug-likeness (QED) is 0.608. The molecule has 0 aromatic carbocycles. The van der Waals surface area contributed by atoms with Crippen molar-refractivity contribution in [1.29, 1.82) is 0 Å². The molecule has 0 aromatic heterocycles. The van der Waals surface area contributed by atoms with Crippen molar-refractivity contribution in [2.75, 3.05) is 0 Å². The highest BCUT2D eigenvalue weighted by Gasteiger charge is 2.67. The zero-order chi connectivity index (χ0) is 11.7. The van der Waals surface area contributed by atoms with Gasteiger partial charge in [0.15, 0.2) is 0 Å². The van der Waals surface area contributed by atoms with E-state index >= 15 is 0 Å². The van der Waals surface area contributed by atoms with Gasteiger partial charge in [-0.15, -0.1) is 0 Å². The summed E-state index contributed by atoms with van der Waals surface area (Å²) >= 11 is 0. The van der Waals surface area contributed by atoms with Gasteiger partial charge >= 0.3 is 0 Å². The molecule has 0 aliphatic heterocycles. The van der Waals surface area contributed by atoms with Crippen LogP contribution in [0.4, 0.5) is 0 Å². The molecule has 3 fully saturated rings. The van der Waals surface area contributed by atoms with Crippen LogP contribution in [-0.2, 0) is 4.79 Å². The highest BCUT2D eigenvalue weighted by atomic mass is 16.1. The first kappa shape index (κ1) is 10.8. The predicted octanol–water partition coefficient (Wildman–Crippen LogP) is 3.67. The fourth-order valence-electron chi connectivity index (χ4n) is 5.73. The second-order valence-electron chi connectivity index (χ2n) is 7.36. The van der Waals surface area contributed by atoms with Crippen molar-refractivity contribution in [1.82, 2.24) is 0 Å². The SMILES string of the molecule is C[C@@H]1CCC2[C@H]3CC(=O)[C@@H](C)[C@@]13CC2(C)C. The van der Waals surface area contributed by atoms with Gasteiger partial charge in [0.25, 0.3) is 0 Å². The van der Waals surface area contributed by atoms with Crippen LogP contribution in [0.5, 0.6) is 0 Å². The maximum absolute atomic E-state index is 12.1. The van der Waals surface area contributed by atoms with E-state index < -0.39 is 0 Å². The molecule has 3 aliphatic carbocycles. The summed E-state index contributed by atoms with van der Waals surface area (Å²) < 4.78 is 0. The normalized spacial score (nSPS) is 54.1. The second-order valence-corrected chi connectivity index (χ2v) is 7.36. The van der Waals surface area contributed by atoms with Crippen molar-refractivity contribution in [2.45, 2.75) is 53.4 Å². The van der Waals surface area contributed by atoms with E-state index in [2.05, 4.69) is 27.7 Å². The molecule has 16 heavy (non-hydrogen) atoms. The third kappa shape index (κ3) is 1.01. The van der Waals surface area contributed by atoms with Crippen molar-refractivity contribution in [3.63, 3.8) is 0 Å². The average Bonchev–Trinajstić information content (AvgIpc) is 2.51. The topological polar surface area (TPSA) is 17.1 Å².